The molecule has 0 aliphatic carbocycles. The van der Waals surface area contributed by atoms with Crippen LogP contribution in [-0.4, -0.2) is 15.0 Å². The van der Waals surface area contributed by atoms with Crippen molar-refractivity contribution in [3.8, 4) is 28.5 Å². The Kier molecular flexibility index (Phi) is 4.08. The summed E-state index contributed by atoms with van der Waals surface area (Å²) in [7, 11) is 0. The minimum Gasteiger partial charge on any atom is -0.346 e. The van der Waals surface area contributed by atoms with Crippen molar-refractivity contribution >= 4 is 21.9 Å². The van der Waals surface area contributed by atoms with Gasteiger partial charge in [0.1, 0.15) is 11.5 Å². The van der Waals surface area contributed by atoms with E-state index in [-0.39, 0.29) is 5.43 Å². The third-order valence-corrected chi connectivity index (χ3v) is 4.97. The highest BCUT2D eigenvalue weighted by atomic mass is 19.1. The molecule has 0 saturated carbocycles. The second-order valence-electron chi connectivity index (χ2n) is 6.88. The van der Waals surface area contributed by atoms with E-state index in [4.69, 9.17) is 4.98 Å². The van der Waals surface area contributed by atoms with Crippen LogP contribution in [0.25, 0.3) is 44.3 Å². The molecule has 0 unspecified atom stereocenters. The number of nitrogens with zero attached hydrogens (tertiary/aromatic N) is 3. The summed E-state index contributed by atoms with van der Waals surface area (Å²) < 4.78 is 13.7. The van der Waals surface area contributed by atoms with Crippen LogP contribution in [0.5, 0.6) is 0 Å². The second-order valence-corrected chi connectivity index (χ2v) is 6.88. The van der Waals surface area contributed by atoms with Crippen LogP contribution in [0.4, 0.5) is 4.39 Å². The van der Waals surface area contributed by atoms with Gasteiger partial charge < -0.3 is 4.98 Å². The summed E-state index contributed by atoms with van der Waals surface area (Å²) in [6.45, 7) is 0. The van der Waals surface area contributed by atoms with Gasteiger partial charge in [0.25, 0.3) is 0 Å². The molecule has 0 radical (unpaired) electrons. The lowest BCUT2D eigenvalue weighted by Crippen LogP contribution is -2.03. The molecule has 0 aliphatic heterocycles. The number of nitrogens with one attached hydrogen (secondary N) is 1. The standard InChI is InChI=1S/C24H13FN4O/c25-18-10-17-9-15(4-5-21(17)28-13-18)19-11-20-22(30)6-7-27-24(20)29-23(19)16-3-1-2-14(8-16)12-26/h1-11,13H,(H,27,29,30). The first-order valence-corrected chi connectivity index (χ1v) is 9.21. The highest BCUT2D eigenvalue weighted by Gasteiger charge is 2.14. The molecule has 6 heteroatoms. The highest BCUT2D eigenvalue weighted by Crippen LogP contribution is 2.34. The second kappa shape index (κ2) is 6.90. The monoisotopic (exact) mass is 392 g/mol. The normalized spacial score (nSPS) is 10.9. The third-order valence-electron chi connectivity index (χ3n) is 4.97. The number of benzene rings is 2. The maximum absolute atomic E-state index is 13.7. The summed E-state index contributed by atoms with van der Waals surface area (Å²) in [6, 6.07) is 19.4. The molecule has 0 bridgehead atoms. The van der Waals surface area contributed by atoms with Gasteiger partial charge >= 0.3 is 0 Å². The highest BCUT2D eigenvalue weighted by molar-refractivity contribution is 5.93. The molecule has 0 fully saturated rings. The Hall–Kier alpha value is -4.37. The topological polar surface area (TPSA) is 82.4 Å². The fourth-order valence-corrected chi connectivity index (χ4v) is 3.55. The van der Waals surface area contributed by atoms with E-state index in [0.29, 0.717) is 38.8 Å². The number of aromatic nitrogens is 3. The predicted molar refractivity (Wildman–Crippen MR) is 113 cm³/mol. The summed E-state index contributed by atoms with van der Waals surface area (Å²) in [6.07, 6.45) is 2.73. The number of H-pyrrole nitrogens is 1. The van der Waals surface area contributed by atoms with E-state index in [9.17, 15) is 14.4 Å². The van der Waals surface area contributed by atoms with Crippen LogP contribution >= 0.6 is 0 Å². The summed E-state index contributed by atoms with van der Waals surface area (Å²) >= 11 is 0. The van der Waals surface area contributed by atoms with Crippen molar-refractivity contribution in [2.45, 2.75) is 0 Å². The number of hydrogen-bond acceptors (Lipinski definition) is 4. The smallest absolute Gasteiger partial charge is 0.191 e. The third kappa shape index (κ3) is 2.99. The molecule has 0 aliphatic rings. The summed E-state index contributed by atoms with van der Waals surface area (Å²) in [5, 5.41) is 10.4. The molecule has 5 aromatic rings. The van der Waals surface area contributed by atoms with Crippen molar-refractivity contribution in [1.29, 1.82) is 5.26 Å². The van der Waals surface area contributed by atoms with E-state index in [1.54, 1.807) is 36.5 Å². The van der Waals surface area contributed by atoms with Crippen LogP contribution in [0.1, 0.15) is 5.56 Å². The van der Waals surface area contributed by atoms with E-state index >= 15 is 0 Å². The minimum atomic E-state index is -0.422. The number of pyridine rings is 3. The first-order valence-electron chi connectivity index (χ1n) is 9.21. The molecular formula is C24H13FN4O. The molecule has 0 spiro atoms. The van der Waals surface area contributed by atoms with Gasteiger partial charge in [-0.15, -0.1) is 0 Å². The fraction of sp³-hybridized carbons (Fsp3) is 0. The molecule has 3 heterocycles. The zero-order chi connectivity index (χ0) is 20.7. The predicted octanol–water partition coefficient (Wildman–Crippen LogP) is 4.82. The van der Waals surface area contributed by atoms with Gasteiger partial charge in [-0.2, -0.15) is 5.26 Å². The van der Waals surface area contributed by atoms with E-state index in [2.05, 4.69) is 16.0 Å². The lowest BCUT2D eigenvalue weighted by molar-refractivity contribution is 0.624. The van der Waals surface area contributed by atoms with Crippen LogP contribution in [0.3, 0.4) is 0 Å². The molecule has 3 aromatic heterocycles. The summed E-state index contributed by atoms with van der Waals surface area (Å²) in [4.78, 5) is 24.2. The zero-order valence-corrected chi connectivity index (χ0v) is 15.6. The largest absolute Gasteiger partial charge is 0.346 e. The molecule has 5 rings (SSSR count). The van der Waals surface area contributed by atoms with Crippen LogP contribution < -0.4 is 5.43 Å². The summed E-state index contributed by atoms with van der Waals surface area (Å²) in [5.41, 5.74) is 4.32. The SMILES string of the molecule is N#Cc1cccc(-c2nc3[nH]ccc(=O)c3cc2-c2ccc3ncc(F)cc3c2)c1. The number of rotatable bonds is 2. The van der Waals surface area contributed by atoms with Gasteiger partial charge in [0, 0.05) is 28.8 Å². The van der Waals surface area contributed by atoms with Gasteiger partial charge in [0.2, 0.25) is 0 Å². The average Bonchev–Trinajstić information content (AvgIpc) is 2.78. The number of hydrogen-bond donors (Lipinski definition) is 1. The minimum absolute atomic E-state index is 0.150. The molecule has 0 amide bonds. The summed E-state index contributed by atoms with van der Waals surface area (Å²) in [5.74, 6) is -0.422. The quantitative estimate of drug-likeness (QED) is 0.467. The van der Waals surface area contributed by atoms with Crippen LogP contribution in [-0.2, 0) is 0 Å². The zero-order valence-electron chi connectivity index (χ0n) is 15.6. The van der Waals surface area contributed by atoms with Crippen LogP contribution in [0, 0.1) is 17.1 Å². The molecule has 5 nitrogen and oxygen atoms in total. The van der Waals surface area contributed by atoms with Crippen molar-refractivity contribution in [2.24, 2.45) is 0 Å². The van der Waals surface area contributed by atoms with Gasteiger partial charge in [0.15, 0.2) is 5.43 Å². The van der Waals surface area contributed by atoms with Gasteiger partial charge in [-0.05, 0) is 42.0 Å². The van der Waals surface area contributed by atoms with Crippen molar-refractivity contribution in [2.75, 3.05) is 0 Å². The Labute approximate surface area is 170 Å². The van der Waals surface area contributed by atoms with E-state index in [1.165, 1.54) is 18.3 Å². The molecular weight excluding hydrogens is 379 g/mol. The van der Waals surface area contributed by atoms with Crippen LogP contribution in [0.15, 0.2) is 77.9 Å². The molecule has 142 valence electrons. The van der Waals surface area contributed by atoms with E-state index in [0.717, 1.165) is 11.1 Å². The van der Waals surface area contributed by atoms with Crippen molar-refractivity contribution in [1.82, 2.24) is 15.0 Å². The first kappa shape index (κ1) is 17.7. The van der Waals surface area contributed by atoms with Crippen LogP contribution in [0.2, 0.25) is 0 Å². The number of halogens is 1. The lowest BCUT2D eigenvalue weighted by Gasteiger charge is -2.12. The van der Waals surface area contributed by atoms with Crippen molar-refractivity contribution in [3.05, 3.63) is 94.7 Å². The van der Waals surface area contributed by atoms with Gasteiger partial charge in [0.05, 0.1) is 34.4 Å². The van der Waals surface area contributed by atoms with Gasteiger partial charge in [-0.1, -0.05) is 18.2 Å². The number of nitriles is 1. The van der Waals surface area contributed by atoms with Crippen molar-refractivity contribution in [3.63, 3.8) is 0 Å². The number of fused-ring (bicyclic) bond motifs is 2. The Balaban J connectivity index is 1.84. The maximum Gasteiger partial charge on any atom is 0.191 e. The Morgan fingerprint density at radius 1 is 1.00 bits per heavy atom. The van der Waals surface area contributed by atoms with E-state index in [1.807, 2.05) is 18.2 Å². The Bertz CT molecular complexity index is 1550. The Morgan fingerprint density at radius 3 is 2.77 bits per heavy atom. The Morgan fingerprint density at radius 2 is 1.90 bits per heavy atom. The lowest BCUT2D eigenvalue weighted by atomic mass is 9.96. The first-order chi connectivity index (χ1) is 14.6. The maximum atomic E-state index is 13.7. The van der Waals surface area contributed by atoms with Gasteiger partial charge in [-0.3, -0.25) is 9.78 Å². The van der Waals surface area contributed by atoms with Gasteiger partial charge in [-0.25, -0.2) is 9.37 Å². The number of aromatic amines is 1. The molecule has 0 atom stereocenters. The molecule has 2 aromatic carbocycles. The molecule has 1 N–H and O–H groups in total. The fourth-order valence-electron chi connectivity index (χ4n) is 3.55. The molecule has 0 saturated heterocycles. The molecule has 30 heavy (non-hydrogen) atoms. The van der Waals surface area contributed by atoms with Crippen molar-refractivity contribution < 1.29 is 4.39 Å². The van der Waals surface area contributed by atoms with E-state index < -0.39 is 5.82 Å². The average molecular weight is 392 g/mol.